The van der Waals surface area contributed by atoms with Crippen LogP contribution in [0.15, 0.2) is 0 Å². The monoisotopic (exact) mass is 188 g/mol. The average molecular weight is 188 g/mol. The number of aliphatic hydroxyl groups excluding tert-OH is 1. The Balaban J connectivity index is 2.71. The lowest BCUT2D eigenvalue weighted by atomic mass is 10.2. The highest BCUT2D eigenvalue weighted by atomic mass is 16.4. The molecule has 0 radical (unpaired) electrons. The standard InChI is InChI=1S/C7H12N2O4/c8-2-6(11)9-3-4(10)1-5(9)7(12)13/h4-5,10H,1-3,8H2,(H,12,13)/t4-,5-/m1/s1. The number of carboxylic acid groups (broad SMARTS) is 1. The van der Waals surface area contributed by atoms with Crippen LogP contribution in [-0.2, 0) is 9.59 Å². The summed E-state index contributed by atoms with van der Waals surface area (Å²) in [4.78, 5) is 22.8. The number of carbonyl (C=O) groups excluding carboxylic acids is 2. The molecule has 1 aliphatic rings. The fourth-order valence-electron chi connectivity index (χ4n) is 1.46. The number of β-amino-alcohol motifs (C(OH)–C–C–N with tert-alkyl or cyclic N) is 1. The highest BCUT2D eigenvalue weighted by Crippen LogP contribution is 2.16. The molecular formula is C7H12N2O4. The van der Waals surface area contributed by atoms with E-state index in [2.05, 4.69) is 5.73 Å². The van der Waals surface area contributed by atoms with Gasteiger partial charge in [-0.2, -0.15) is 0 Å². The molecule has 1 aliphatic heterocycles. The third-order valence-corrected chi connectivity index (χ3v) is 2.09. The number of rotatable bonds is 2. The van der Waals surface area contributed by atoms with Crippen LogP contribution in [0.2, 0.25) is 0 Å². The maximum absolute atomic E-state index is 11.1. The quantitative estimate of drug-likeness (QED) is 0.459. The summed E-state index contributed by atoms with van der Waals surface area (Å²) < 4.78 is 0. The van der Waals surface area contributed by atoms with Crippen molar-refractivity contribution in [2.45, 2.75) is 18.6 Å². The molecular weight excluding hydrogens is 176 g/mol. The van der Waals surface area contributed by atoms with E-state index in [1.807, 2.05) is 0 Å². The Bertz CT molecular complexity index is 231. The van der Waals surface area contributed by atoms with Gasteiger partial charge in [-0.15, -0.1) is 0 Å². The minimum absolute atomic E-state index is 0.00347. The van der Waals surface area contributed by atoms with Gasteiger partial charge in [0.2, 0.25) is 0 Å². The molecule has 0 aliphatic carbocycles. The van der Waals surface area contributed by atoms with Gasteiger partial charge in [-0.1, -0.05) is 0 Å². The highest BCUT2D eigenvalue weighted by Gasteiger charge is 2.34. The second-order valence-corrected chi connectivity index (χ2v) is 3.02. The predicted molar refractivity (Wildman–Crippen MR) is 38.9 cm³/mol. The number of carboxylic acids is 1. The van der Waals surface area contributed by atoms with Crippen molar-refractivity contribution in [3.8, 4) is 0 Å². The molecule has 74 valence electrons. The molecule has 0 aromatic carbocycles. The molecule has 2 atom stereocenters. The molecule has 0 saturated carbocycles. The molecule has 4 N–H and O–H groups in total. The Morgan fingerprint density at radius 3 is 2.69 bits per heavy atom. The lowest BCUT2D eigenvalue weighted by molar-refractivity contribution is -0.357. The third-order valence-electron chi connectivity index (χ3n) is 2.09. The van der Waals surface area contributed by atoms with Crippen LogP contribution < -0.4 is 10.8 Å². The van der Waals surface area contributed by atoms with Gasteiger partial charge in [0.1, 0.15) is 0 Å². The molecule has 1 amide bonds. The SMILES string of the molecule is [NH3+]CC(=O)N1C[C@H](O)C[C@@H]1C(=O)[O-]. The molecule has 13 heavy (non-hydrogen) atoms. The van der Waals surface area contributed by atoms with Gasteiger partial charge in [0.15, 0.2) is 6.54 Å². The van der Waals surface area contributed by atoms with Crippen LogP contribution in [-0.4, -0.2) is 47.1 Å². The number of nitrogens with zero attached hydrogens (tertiary/aromatic N) is 1. The second kappa shape index (κ2) is 3.71. The minimum atomic E-state index is -1.32. The van der Waals surface area contributed by atoms with Gasteiger partial charge in [-0.25, -0.2) is 0 Å². The van der Waals surface area contributed by atoms with Gasteiger partial charge in [0, 0.05) is 13.0 Å². The van der Waals surface area contributed by atoms with Crippen molar-refractivity contribution in [2.75, 3.05) is 13.1 Å². The van der Waals surface area contributed by atoms with Crippen molar-refractivity contribution in [2.24, 2.45) is 0 Å². The van der Waals surface area contributed by atoms with E-state index >= 15 is 0 Å². The summed E-state index contributed by atoms with van der Waals surface area (Å²) in [6.45, 7) is 0.0590. The van der Waals surface area contributed by atoms with E-state index in [0.29, 0.717) is 0 Å². The number of quaternary nitrogens is 1. The first kappa shape index (κ1) is 9.94. The molecule has 1 heterocycles. The third kappa shape index (κ3) is 1.96. The second-order valence-electron chi connectivity index (χ2n) is 3.02. The van der Waals surface area contributed by atoms with E-state index in [0.717, 1.165) is 4.90 Å². The number of hydrogen-bond donors (Lipinski definition) is 2. The van der Waals surface area contributed by atoms with Crippen molar-refractivity contribution in [3.63, 3.8) is 0 Å². The van der Waals surface area contributed by atoms with Crippen LogP contribution in [0, 0.1) is 0 Å². The summed E-state index contributed by atoms with van der Waals surface area (Å²) in [5.74, 6) is -1.69. The van der Waals surface area contributed by atoms with Crippen molar-refractivity contribution >= 4 is 11.9 Å². The van der Waals surface area contributed by atoms with Gasteiger partial charge in [0.05, 0.1) is 18.1 Å². The maximum atomic E-state index is 11.1. The highest BCUT2D eigenvalue weighted by molar-refractivity contribution is 5.84. The number of hydrogen-bond acceptors (Lipinski definition) is 4. The Labute approximate surface area is 74.9 Å². The van der Waals surface area contributed by atoms with E-state index in [4.69, 9.17) is 5.11 Å². The summed E-state index contributed by atoms with van der Waals surface area (Å²) in [7, 11) is 0. The van der Waals surface area contributed by atoms with Crippen LogP contribution in [0.1, 0.15) is 6.42 Å². The lowest BCUT2D eigenvalue weighted by Crippen LogP contribution is -2.60. The smallest absolute Gasteiger partial charge is 0.278 e. The number of aliphatic hydroxyl groups is 1. The van der Waals surface area contributed by atoms with Crippen molar-refractivity contribution in [1.82, 2.24) is 4.90 Å². The Morgan fingerprint density at radius 2 is 2.23 bits per heavy atom. The molecule has 6 heteroatoms. The van der Waals surface area contributed by atoms with Gasteiger partial charge in [-0.3, -0.25) is 4.79 Å². The fraction of sp³-hybridized carbons (Fsp3) is 0.714. The predicted octanol–water partition coefficient (Wildman–Crippen LogP) is -4.06. The zero-order valence-electron chi connectivity index (χ0n) is 7.10. The van der Waals surface area contributed by atoms with Crippen LogP contribution in [0.4, 0.5) is 0 Å². The molecule has 0 bridgehead atoms. The largest absolute Gasteiger partial charge is 0.548 e. The van der Waals surface area contributed by atoms with Crippen molar-refractivity contribution in [3.05, 3.63) is 0 Å². The zero-order chi connectivity index (χ0) is 10.0. The summed E-state index contributed by atoms with van der Waals surface area (Å²) in [6.07, 6.45) is -0.716. The molecule has 0 unspecified atom stereocenters. The first-order valence-corrected chi connectivity index (χ1v) is 4.04. The Hall–Kier alpha value is -1.14. The number of carbonyl (C=O) groups is 2. The maximum Gasteiger partial charge on any atom is 0.278 e. The van der Waals surface area contributed by atoms with Crippen molar-refractivity contribution < 1.29 is 25.5 Å². The fourth-order valence-corrected chi connectivity index (χ4v) is 1.46. The number of amides is 1. The molecule has 1 fully saturated rings. The minimum Gasteiger partial charge on any atom is -0.548 e. The molecule has 6 nitrogen and oxygen atoms in total. The van der Waals surface area contributed by atoms with E-state index in [1.165, 1.54) is 0 Å². The van der Waals surface area contributed by atoms with Crippen molar-refractivity contribution in [1.29, 1.82) is 0 Å². The Morgan fingerprint density at radius 1 is 1.62 bits per heavy atom. The average Bonchev–Trinajstić information content (AvgIpc) is 2.46. The first-order chi connectivity index (χ1) is 6.06. The van der Waals surface area contributed by atoms with E-state index < -0.39 is 18.1 Å². The van der Waals surface area contributed by atoms with Gasteiger partial charge in [-0.05, 0) is 0 Å². The topological polar surface area (TPSA) is 108 Å². The van der Waals surface area contributed by atoms with Crippen LogP contribution in [0.3, 0.4) is 0 Å². The lowest BCUT2D eigenvalue weighted by Gasteiger charge is -2.23. The Kier molecular flexibility index (Phi) is 2.84. The summed E-state index contributed by atoms with van der Waals surface area (Å²) in [5.41, 5.74) is 3.36. The van der Waals surface area contributed by atoms with E-state index in [1.54, 1.807) is 0 Å². The van der Waals surface area contributed by atoms with Crippen LogP contribution >= 0.6 is 0 Å². The summed E-state index contributed by atoms with van der Waals surface area (Å²) in [6, 6.07) is -0.996. The molecule has 0 aromatic heterocycles. The van der Waals surface area contributed by atoms with E-state index in [-0.39, 0.29) is 25.4 Å². The molecule has 1 rings (SSSR count). The summed E-state index contributed by atoms with van der Waals surface area (Å²) in [5, 5.41) is 19.7. The van der Waals surface area contributed by atoms with E-state index in [9.17, 15) is 14.7 Å². The van der Waals surface area contributed by atoms with Crippen LogP contribution in [0.25, 0.3) is 0 Å². The van der Waals surface area contributed by atoms with Gasteiger partial charge < -0.3 is 25.6 Å². The molecule has 0 spiro atoms. The van der Waals surface area contributed by atoms with Gasteiger partial charge in [0.25, 0.3) is 5.91 Å². The van der Waals surface area contributed by atoms with Crippen LogP contribution in [0.5, 0.6) is 0 Å². The molecule has 0 aromatic rings. The molecule has 1 saturated heterocycles. The first-order valence-electron chi connectivity index (χ1n) is 4.04. The number of aliphatic carboxylic acids is 1. The normalized spacial score (nSPS) is 27.7. The van der Waals surface area contributed by atoms with Gasteiger partial charge >= 0.3 is 0 Å². The number of likely N-dealkylation sites (tertiary alicyclic amines) is 1. The zero-order valence-corrected chi connectivity index (χ0v) is 7.10. The summed E-state index contributed by atoms with van der Waals surface area (Å²) >= 11 is 0.